The van der Waals surface area contributed by atoms with Crippen LogP contribution in [0.15, 0.2) is 48.8 Å². The lowest BCUT2D eigenvalue weighted by atomic mass is 9.95. The minimum atomic E-state index is -1.25. The fourth-order valence-electron chi connectivity index (χ4n) is 4.69. The number of alkyl carbamates (subject to hydrolysis) is 1. The third kappa shape index (κ3) is 9.15. The SMILES string of the molecule is CC(C)c1ccc(-c2cc3c(cnn3COCC[Si](C)(C)C)nc2C(Cc2cc(F)cc(F)c2)NC(=O)OC(C)(C)C)cn1. The van der Waals surface area contributed by atoms with Crippen LogP contribution in [-0.2, 0) is 22.6 Å². The molecule has 4 rings (SSSR count). The Kier molecular flexibility index (Phi) is 10.2. The van der Waals surface area contributed by atoms with Crippen LogP contribution in [0.25, 0.3) is 22.2 Å². The smallest absolute Gasteiger partial charge is 0.408 e. The average Bonchev–Trinajstić information content (AvgIpc) is 3.29. The van der Waals surface area contributed by atoms with Crippen molar-refractivity contribution >= 4 is 25.2 Å². The Morgan fingerprint density at radius 2 is 1.75 bits per heavy atom. The molecule has 1 atom stereocenters. The van der Waals surface area contributed by atoms with Gasteiger partial charge in [-0.2, -0.15) is 5.10 Å². The maximum Gasteiger partial charge on any atom is 0.408 e. The predicted octanol–water partition coefficient (Wildman–Crippen LogP) is 8.02. The van der Waals surface area contributed by atoms with Gasteiger partial charge in [0, 0.05) is 43.8 Å². The van der Waals surface area contributed by atoms with E-state index in [0.29, 0.717) is 28.9 Å². The van der Waals surface area contributed by atoms with Crippen LogP contribution in [-0.4, -0.2) is 46.1 Å². The first-order valence-electron chi connectivity index (χ1n) is 14.9. The van der Waals surface area contributed by atoms with Crippen molar-refractivity contribution in [3.63, 3.8) is 0 Å². The van der Waals surface area contributed by atoms with Gasteiger partial charge in [-0.05, 0) is 69.0 Å². The Bertz CT molecular complexity index is 1570. The molecule has 44 heavy (non-hydrogen) atoms. The molecule has 0 saturated carbocycles. The van der Waals surface area contributed by atoms with Crippen LogP contribution in [0.3, 0.4) is 0 Å². The molecule has 3 aromatic heterocycles. The number of fused-ring (bicyclic) bond motifs is 1. The summed E-state index contributed by atoms with van der Waals surface area (Å²) in [6.45, 7) is 17.2. The molecule has 0 aliphatic rings. The first-order chi connectivity index (χ1) is 20.6. The van der Waals surface area contributed by atoms with Gasteiger partial charge in [0.25, 0.3) is 0 Å². The minimum absolute atomic E-state index is 0.0604. The van der Waals surface area contributed by atoms with Crippen molar-refractivity contribution < 1.29 is 23.0 Å². The molecule has 0 aliphatic carbocycles. The summed E-state index contributed by atoms with van der Waals surface area (Å²) in [6, 6.07) is 9.43. The van der Waals surface area contributed by atoms with Gasteiger partial charge in [-0.15, -0.1) is 0 Å². The fraction of sp³-hybridized carbons (Fsp3) is 0.455. The van der Waals surface area contributed by atoms with Crippen LogP contribution < -0.4 is 5.32 Å². The fourth-order valence-corrected chi connectivity index (χ4v) is 5.44. The number of amides is 1. The highest BCUT2D eigenvalue weighted by atomic mass is 28.3. The second kappa shape index (κ2) is 13.5. The van der Waals surface area contributed by atoms with Gasteiger partial charge in [-0.3, -0.25) is 4.98 Å². The summed E-state index contributed by atoms with van der Waals surface area (Å²) in [5.74, 6) is -1.17. The standard InChI is InChI=1S/C33H43F2N5O3Si/c1-21(2)27-10-9-23(18-36-27)26-17-30-29(19-37-40(30)20-42-11-12-44(6,7)8)38-31(26)28(39-32(41)43-33(3,4)5)15-22-13-24(34)16-25(35)14-22/h9-10,13-14,16-19,21,28H,11-12,15,20H2,1-8H3,(H,39,41). The molecule has 4 aromatic rings. The molecule has 0 saturated heterocycles. The first-order valence-corrected chi connectivity index (χ1v) is 18.6. The second-order valence-electron chi connectivity index (χ2n) is 13.6. The van der Waals surface area contributed by atoms with E-state index in [2.05, 4.69) is 48.9 Å². The topological polar surface area (TPSA) is 91.2 Å². The van der Waals surface area contributed by atoms with E-state index < -0.39 is 37.4 Å². The van der Waals surface area contributed by atoms with Crippen molar-refractivity contribution in [3.8, 4) is 11.1 Å². The Morgan fingerprint density at radius 3 is 2.34 bits per heavy atom. The Labute approximate surface area is 259 Å². The lowest BCUT2D eigenvalue weighted by Gasteiger charge is -2.25. The largest absolute Gasteiger partial charge is 0.444 e. The summed E-state index contributed by atoms with van der Waals surface area (Å²) in [6.07, 6.45) is 2.81. The van der Waals surface area contributed by atoms with Gasteiger partial charge in [-0.25, -0.2) is 23.2 Å². The molecule has 0 spiro atoms. The van der Waals surface area contributed by atoms with Crippen LogP contribution in [0.5, 0.6) is 0 Å². The van der Waals surface area contributed by atoms with Crippen molar-refractivity contribution in [2.24, 2.45) is 0 Å². The highest BCUT2D eigenvalue weighted by molar-refractivity contribution is 6.76. The monoisotopic (exact) mass is 623 g/mol. The van der Waals surface area contributed by atoms with Crippen LogP contribution in [0.2, 0.25) is 25.7 Å². The molecule has 0 aliphatic heterocycles. The number of hydrogen-bond acceptors (Lipinski definition) is 6. The summed E-state index contributed by atoms with van der Waals surface area (Å²) in [5.41, 5.74) is 3.83. The molecule has 1 amide bonds. The van der Waals surface area contributed by atoms with E-state index in [1.54, 1.807) is 37.8 Å². The Hall–Kier alpha value is -3.70. The van der Waals surface area contributed by atoms with E-state index in [1.165, 1.54) is 12.1 Å². The van der Waals surface area contributed by atoms with Gasteiger partial charge >= 0.3 is 6.09 Å². The van der Waals surface area contributed by atoms with E-state index in [-0.39, 0.29) is 19.1 Å². The van der Waals surface area contributed by atoms with Gasteiger partial charge in [0.05, 0.1) is 23.4 Å². The van der Waals surface area contributed by atoms with Crippen LogP contribution >= 0.6 is 0 Å². The highest BCUT2D eigenvalue weighted by Gasteiger charge is 2.26. The van der Waals surface area contributed by atoms with Gasteiger partial charge in [0.1, 0.15) is 29.5 Å². The Morgan fingerprint density at radius 1 is 1.05 bits per heavy atom. The molecule has 3 heterocycles. The molecule has 236 valence electrons. The normalized spacial score (nSPS) is 13.0. The molecule has 1 aromatic carbocycles. The van der Waals surface area contributed by atoms with Crippen molar-refractivity contribution in [2.75, 3.05) is 6.61 Å². The van der Waals surface area contributed by atoms with E-state index in [1.807, 2.05) is 18.2 Å². The van der Waals surface area contributed by atoms with Crippen molar-refractivity contribution in [2.45, 2.75) is 91.0 Å². The average molecular weight is 624 g/mol. The molecular weight excluding hydrogens is 580 g/mol. The summed E-state index contributed by atoms with van der Waals surface area (Å²) in [5, 5.41) is 7.44. The number of hydrogen-bond donors (Lipinski definition) is 1. The third-order valence-electron chi connectivity index (χ3n) is 6.94. The Balaban J connectivity index is 1.81. The van der Waals surface area contributed by atoms with Crippen molar-refractivity contribution in [1.82, 2.24) is 25.1 Å². The van der Waals surface area contributed by atoms with E-state index in [0.717, 1.165) is 28.9 Å². The molecular formula is C33H43F2N5O3Si. The summed E-state index contributed by atoms with van der Waals surface area (Å²) in [7, 11) is -1.25. The van der Waals surface area contributed by atoms with Crippen molar-refractivity contribution in [3.05, 3.63) is 77.4 Å². The number of aromatic nitrogens is 4. The van der Waals surface area contributed by atoms with Gasteiger partial charge in [-0.1, -0.05) is 39.6 Å². The zero-order chi connectivity index (χ0) is 32.2. The number of benzene rings is 1. The van der Waals surface area contributed by atoms with E-state index in [4.69, 9.17) is 14.5 Å². The van der Waals surface area contributed by atoms with Gasteiger partial charge in [0.15, 0.2) is 0 Å². The van der Waals surface area contributed by atoms with Crippen LogP contribution in [0.1, 0.15) is 63.5 Å². The zero-order valence-electron chi connectivity index (χ0n) is 26.9. The number of carbonyl (C=O) groups is 1. The molecule has 1 unspecified atom stereocenters. The van der Waals surface area contributed by atoms with E-state index >= 15 is 0 Å². The molecule has 0 bridgehead atoms. The van der Waals surface area contributed by atoms with Crippen LogP contribution in [0, 0.1) is 11.6 Å². The number of nitrogens with zero attached hydrogens (tertiary/aromatic N) is 4. The molecule has 0 radical (unpaired) electrons. The number of ether oxygens (including phenoxy) is 2. The highest BCUT2D eigenvalue weighted by Crippen LogP contribution is 2.33. The first kappa shape index (κ1) is 33.2. The number of pyridine rings is 2. The predicted molar refractivity (Wildman–Crippen MR) is 171 cm³/mol. The lowest BCUT2D eigenvalue weighted by Crippen LogP contribution is -2.36. The maximum atomic E-state index is 14.2. The van der Waals surface area contributed by atoms with Gasteiger partial charge in [0.2, 0.25) is 0 Å². The number of carbonyl (C=O) groups excluding carboxylic acids is 1. The maximum absolute atomic E-state index is 14.2. The quantitative estimate of drug-likeness (QED) is 0.134. The van der Waals surface area contributed by atoms with Gasteiger partial charge < -0.3 is 14.8 Å². The number of nitrogens with one attached hydrogen (secondary N) is 1. The minimum Gasteiger partial charge on any atom is -0.444 e. The molecule has 1 N–H and O–H groups in total. The summed E-state index contributed by atoms with van der Waals surface area (Å²) >= 11 is 0. The summed E-state index contributed by atoms with van der Waals surface area (Å²) in [4.78, 5) is 22.7. The molecule has 8 nitrogen and oxygen atoms in total. The molecule has 0 fully saturated rings. The molecule has 11 heteroatoms. The number of rotatable bonds is 11. The van der Waals surface area contributed by atoms with Crippen LogP contribution in [0.4, 0.5) is 13.6 Å². The lowest BCUT2D eigenvalue weighted by molar-refractivity contribution is 0.0502. The number of halogens is 2. The summed E-state index contributed by atoms with van der Waals surface area (Å²) < 4.78 is 41.7. The van der Waals surface area contributed by atoms with E-state index in [9.17, 15) is 13.6 Å². The van der Waals surface area contributed by atoms with Crippen molar-refractivity contribution in [1.29, 1.82) is 0 Å². The third-order valence-corrected chi connectivity index (χ3v) is 8.64. The second-order valence-corrected chi connectivity index (χ2v) is 19.2. The zero-order valence-corrected chi connectivity index (χ0v) is 27.9.